The van der Waals surface area contributed by atoms with E-state index in [9.17, 15) is 9.59 Å². The molecular formula is C28H30Br2N2O3. The molecule has 0 aliphatic heterocycles. The number of halogens is 2. The molecule has 3 aromatic carbocycles. The van der Waals surface area contributed by atoms with Gasteiger partial charge in [0.05, 0.1) is 4.47 Å². The first-order chi connectivity index (χ1) is 16.8. The van der Waals surface area contributed by atoms with Crippen molar-refractivity contribution in [3.63, 3.8) is 0 Å². The minimum Gasteiger partial charge on any atom is -0.483 e. The average molecular weight is 602 g/mol. The van der Waals surface area contributed by atoms with Gasteiger partial charge in [-0.1, -0.05) is 78.3 Å². The van der Waals surface area contributed by atoms with Crippen molar-refractivity contribution in [3.8, 4) is 5.75 Å². The predicted molar refractivity (Wildman–Crippen MR) is 146 cm³/mol. The average Bonchev–Trinajstić information content (AvgIpc) is 2.86. The summed E-state index contributed by atoms with van der Waals surface area (Å²) < 4.78 is 7.65. The van der Waals surface area contributed by atoms with Crippen molar-refractivity contribution in [3.05, 3.63) is 98.4 Å². The summed E-state index contributed by atoms with van der Waals surface area (Å²) in [4.78, 5) is 28.1. The summed E-state index contributed by atoms with van der Waals surface area (Å²) in [5, 5.41) is 2.73. The van der Waals surface area contributed by atoms with Crippen molar-refractivity contribution in [1.29, 1.82) is 0 Å². The smallest absolute Gasteiger partial charge is 0.261 e. The second-order valence-corrected chi connectivity index (χ2v) is 10.4. The van der Waals surface area contributed by atoms with Gasteiger partial charge >= 0.3 is 0 Å². The lowest BCUT2D eigenvalue weighted by Crippen LogP contribution is -2.51. The van der Waals surface area contributed by atoms with Crippen LogP contribution in [0.2, 0.25) is 0 Å². The number of nitrogens with one attached hydrogen (secondary N) is 1. The van der Waals surface area contributed by atoms with Gasteiger partial charge in [0.2, 0.25) is 5.91 Å². The van der Waals surface area contributed by atoms with Gasteiger partial charge in [0.1, 0.15) is 11.8 Å². The van der Waals surface area contributed by atoms with Crippen LogP contribution in [0.25, 0.3) is 0 Å². The zero-order chi connectivity index (χ0) is 25.4. The minimum absolute atomic E-state index is 0.182. The third-order valence-electron chi connectivity index (χ3n) is 5.76. The monoisotopic (exact) mass is 600 g/mol. The van der Waals surface area contributed by atoms with Crippen molar-refractivity contribution in [2.75, 3.05) is 13.7 Å². The molecule has 0 bridgehead atoms. The highest BCUT2D eigenvalue weighted by Gasteiger charge is 2.30. The van der Waals surface area contributed by atoms with E-state index < -0.39 is 6.04 Å². The number of nitrogens with zero attached hydrogens (tertiary/aromatic N) is 1. The van der Waals surface area contributed by atoms with Crippen LogP contribution in [0, 0.1) is 0 Å². The molecule has 1 unspecified atom stereocenters. The molecule has 0 saturated carbocycles. The Balaban J connectivity index is 1.86. The first-order valence-corrected chi connectivity index (χ1v) is 13.1. The Labute approximate surface area is 224 Å². The Morgan fingerprint density at radius 1 is 0.943 bits per heavy atom. The van der Waals surface area contributed by atoms with Crippen molar-refractivity contribution in [2.45, 2.75) is 38.8 Å². The molecule has 0 aliphatic carbocycles. The summed E-state index contributed by atoms with van der Waals surface area (Å²) in [6.45, 7) is 4.35. The molecular weight excluding hydrogens is 572 g/mol. The van der Waals surface area contributed by atoms with E-state index in [4.69, 9.17) is 4.74 Å². The van der Waals surface area contributed by atoms with E-state index in [1.807, 2.05) is 72.8 Å². The van der Waals surface area contributed by atoms with E-state index in [2.05, 4.69) is 51.0 Å². The molecule has 184 valence electrons. The highest BCUT2D eigenvalue weighted by Crippen LogP contribution is 2.29. The zero-order valence-corrected chi connectivity index (χ0v) is 23.3. The lowest BCUT2D eigenvalue weighted by molar-refractivity contribution is -0.142. The molecule has 1 atom stereocenters. The minimum atomic E-state index is -0.686. The van der Waals surface area contributed by atoms with Gasteiger partial charge in [-0.3, -0.25) is 9.59 Å². The van der Waals surface area contributed by atoms with Crippen LogP contribution in [-0.2, 0) is 22.6 Å². The molecule has 0 radical (unpaired) electrons. The molecule has 35 heavy (non-hydrogen) atoms. The molecule has 0 aliphatic rings. The number of amides is 2. The first kappa shape index (κ1) is 27.0. The molecule has 5 nitrogen and oxygen atoms in total. The van der Waals surface area contributed by atoms with E-state index >= 15 is 0 Å². The maximum Gasteiger partial charge on any atom is 0.261 e. The van der Waals surface area contributed by atoms with E-state index in [1.165, 1.54) is 5.56 Å². The van der Waals surface area contributed by atoms with Gasteiger partial charge in [0.25, 0.3) is 5.91 Å². The molecule has 1 N–H and O–H groups in total. The normalized spacial score (nSPS) is 11.7. The third kappa shape index (κ3) is 7.67. The van der Waals surface area contributed by atoms with Gasteiger partial charge in [-0.05, 0) is 62.8 Å². The number of carbonyl (C=O) groups excluding carboxylic acids is 2. The van der Waals surface area contributed by atoms with Crippen LogP contribution in [0.4, 0.5) is 0 Å². The Hall–Kier alpha value is -2.64. The maximum absolute atomic E-state index is 13.5. The van der Waals surface area contributed by atoms with Crippen LogP contribution in [0.15, 0.2) is 81.7 Å². The number of hydrogen-bond acceptors (Lipinski definition) is 3. The Morgan fingerprint density at radius 2 is 1.63 bits per heavy atom. The fraction of sp³-hybridized carbons (Fsp3) is 0.286. The van der Waals surface area contributed by atoms with Crippen molar-refractivity contribution >= 4 is 43.7 Å². The highest BCUT2D eigenvalue weighted by atomic mass is 79.9. The second kappa shape index (κ2) is 12.9. The zero-order valence-electron chi connectivity index (χ0n) is 20.1. The molecule has 0 spiro atoms. The summed E-state index contributed by atoms with van der Waals surface area (Å²) in [6, 6.07) is 22.6. The fourth-order valence-electron chi connectivity index (χ4n) is 3.72. The topological polar surface area (TPSA) is 58.6 Å². The van der Waals surface area contributed by atoms with E-state index in [1.54, 1.807) is 11.9 Å². The van der Waals surface area contributed by atoms with Crippen LogP contribution < -0.4 is 10.1 Å². The van der Waals surface area contributed by atoms with Crippen LogP contribution in [0.5, 0.6) is 5.75 Å². The van der Waals surface area contributed by atoms with Gasteiger partial charge in [0, 0.05) is 24.5 Å². The molecule has 3 aromatic rings. The van der Waals surface area contributed by atoms with Crippen LogP contribution in [0.1, 0.15) is 36.5 Å². The Morgan fingerprint density at radius 3 is 2.23 bits per heavy atom. The van der Waals surface area contributed by atoms with E-state index in [-0.39, 0.29) is 25.0 Å². The Kier molecular flexibility index (Phi) is 9.93. The van der Waals surface area contributed by atoms with Gasteiger partial charge in [-0.15, -0.1) is 0 Å². The summed E-state index contributed by atoms with van der Waals surface area (Å²) in [7, 11) is 1.59. The number of benzene rings is 3. The van der Waals surface area contributed by atoms with Gasteiger partial charge in [-0.2, -0.15) is 0 Å². The number of carbonyl (C=O) groups is 2. The van der Waals surface area contributed by atoms with Crippen LogP contribution in [0.3, 0.4) is 0 Å². The standard InChI is InChI=1S/C28H30Br2N2O3/c1-19(2)22-11-14-26(24(30)16-22)35-18-27(33)32(17-21-9-12-23(29)13-10-21)25(28(34)31-3)15-20-7-5-4-6-8-20/h4-14,16,19,25H,15,17-18H2,1-3H3,(H,31,34). The molecule has 2 amide bonds. The van der Waals surface area contributed by atoms with Crippen LogP contribution >= 0.6 is 31.9 Å². The summed E-state index contributed by atoms with van der Waals surface area (Å²) in [5.41, 5.74) is 3.07. The van der Waals surface area contributed by atoms with Crippen molar-refractivity contribution in [1.82, 2.24) is 10.2 Å². The lowest BCUT2D eigenvalue weighted by Gasteiger charge is -2.31. The molecule has 0 fully saturated rings. The molecule has 3 rings (SSSR count). The van der Waals surface area contributed by atoms with E-state index in [0.717, 1.165) is 20.1 Å². The number of ether oxygens (including phenoxy) is 1. The summed E-state index contributed by atoms with van der Waals surface area (Å²) >= 11 is 7.00. The molecule has 0 aromatic heterocycles. The highest BCUT2D eigenvalue weighted by molar-refractivity contribution is 9.10. The van der Waals surface area contributed by atoms with Gasteiger partial charge in [0.15, 0.2) is 6.61 Å². The number of rotatable bonds is 10. The predicted octanol–water partition coefficient (Wildman–Crippen LogP) is 6.10. The Bertz CT molecular complexity index is 1130. The number of hydrogen-bond donors (Lipinski definition) is 1. The maximum atomic E-state index is 13.5. The quantitative estimate of drug-likeness (QED) is 0.305. The largest absolute Gasteiger partial charge is 0.483 e. The number of likely N-dealkylation sites (N-methyl/N-ethyl adjacent to an activating group) is 1. The van der Waals surface area contributed by atoms with Crippen LogP contribution in [-0.4, -0.2) is 36.4 Å². The van der Waals surface area contributed by atoms with Gasteiger partial charge in [-0.25, -0.2) is 0 Å². The summed E-state index contributed by atoms with van der Waals surface area (Å²) in [5.74, 6) is 0.486. The molecule has 0 heterocycles. The van der Waals surface area contributed by atoms with Gasteiger partial charge < -0.3 is 15.0 Å². The van der Waals surface area contributed by atoms with Crippen molar-refractivity contribution < 1.29 is 14.3 Å². The fourth-order valence-corrected chi connectivity index (χ4v) is 4.50. The third-order valence-corrected chi connectivity index (χ3v) is 6.91. The molecule has 0 saturated heterocycles. The molecule has 7 heteroatoms. The van der Waals surface area contributed by atoms with E-state index in [0.29, 0.717) is 18.1 Å². The lowest BCUT2D eigenvalue weighted by atomic mass is 10.0. The SMILES string of the molecule is CNC(=O)C(Cc1ccccc1)N(Cc1ccc(Br)cc1)C(=O)COc1ccc(C(C)C)cc1Br. The van der Waals surface area contributed by atoms with Crippen molar-refractivity contribution in [2.24, 2.45) is 0 Å². The second-order valence-electron chi connectivity index (χ2n) is 8.60. The summed E-state index contributed by atoms with van der Waals surface area (Å²) in [6.07, 6.45) is 0.398. The first-order valence-electron chi connectivity index (χ1n) is 11.5.